The van der Waals surface area contributed by atoms with Crippen molar-refractivity contribution in [1.82, 2.24) is 0 Å². The van der Waals surface area contributed by atoms with Gasteiger partial charge in [0.1, 0.15) is 5.75 Å². The highest BCUT2D eigenvalue weighted by Gasteiger charge is 2.31. The molecule has 0 aliphatic rings. The molecule has 0 saturated carbocycles. The summed E-state index contributed by atoms with van der Waals surface area (Å²) < 4.78 is 77.8. The predicted molar refractivity (Wildman–Crippen MR) is 85.4 cm³/mol. The van der Waals surface area contributed by atoms with Crippen LogP contribution in [0.2, 0.25) is 0 Å². The number of carbonyl (C=O) groups is 1. The van der Waals surface area contributed by atoms with Gasteiger partial charge in [-0.2, -0.15) is 13.2 Å². The zero-order valence-corrected chi connectivity index (χ0v) is 13.6. The summed E-state index contributed by atoms with van der Waals surface area (Å²) in [4.78, 5) is 16.0. The number of oxime groups is 1. The first kappa shape index (κ1) is 20.9. The fraction of sp³-hybridized carbons (Fsp3) is 0.125. The lowest BCUT2D eigenvalue weighted by atomic mass is 10.2. The lowest BCUT2D eigenvalue weighted by molar-refractivity contribution is -0.274. The van der Waals surface area contributed by atoms with Crippen molar-refractivity contribution in [3.05, 3.63) is 59.7 Å². The molecule has 0 heterocycles. The van der Waals surface area contributed by atoms with Crippen LogP contribution in [0.1, 0.15) is 11.1 Å². The lowest BCUT2D eigenvalue weighted by Gasteiger charge is -2.09. The molecule has 2 rings (SSSR count). The highest BCUT2D eigenvalue weighted by atomic mass is 19.4. The molecular formula is C16H11F6N3O3. The van der Waals surface area contributed by atoms with Crippen molar-refractivity contribution in [3.8, 4) is 5.75 Å². The molecule has 0 fully saturated rings. The molecule has 1 amide bonds. The van der Waals surface area contributed by atoms with Crippen LogP contribution in [0.25, 0.3) is 0 Å². The van der Waals surface area contributed by atoms with E-state index in [4.69, 9.17) is 5.73 Å². The Morgan fingerprint density at radius 2 is 1.64 bits per heavy atom. The minimum absolute atomic E-state index is 0.112. The lowest BCUT2D eigenvalue weighted by Crippen LogP contribution is -2.19. The third-order valence-corrected chi connectivity index (χ3v) is 3.05. The maximum atomic E-state index is 12.6. The minimum Gasteiger partial charge on any atom is -0.406 e. The number of alkyl halides is 6. The van der Waals surface area contributed by atoms with Crippen LogP contribution in [0.5, 0.6) is 5.75 Å². The Kier molecular flexibility index (Phi) is 6.01. The molecule has 0 aromatic heterocycles. The van der Waals surface area contributed by atoms with Gasteiger partial charge in [0, 0.05) is 11.3 Å². The zero-order chi connectivity index (χ0) is 20.9. The quantitative estimate of drug-likeness (QED) is 0.257. The standard InChI is InChI=1S/C16H11F6N3O3/c17-15(18,19)10-2-1-3-11(8-10)24-14(26)28-25-13(23)9-4-6-12(7-5-9)27-16(20,21)22/h1-8H,(H2,23,25)(H,24,26). The van der Waals surface area contributed by atoms with Gasteiger partial charge in [-0.1, -0.05) is 11.2 Å². The number of hydrogen-bond acceptors (Lipinski definition) is 4. The molecule has 0 atom stereocenters. The van der Waals surface area contributed by atoms with Crippen LogP contribution in [-0.2, 0) is 11.0 Å². The third-order valence-electron chi connectivity index (χ3n) is 3.05. The Morgan fingerprint density at radius 1 is 1.00 bits per heavy atom. The average Bonchev–Trinajstić information content (AvgIpc) is 2.58. The number of carbonyl (C=O) groups excluding carboxylic acids is 1. The highest BCUT2D eigenvalue weighted by molar-refractivity contribution is 5.97. The van der Waals surface area contributed by atoms with Gasteiger partial charge in [0.2, 0.25) is 0 Å². The van der Waals surface area contributed by atoms with Crippen molar-refractivity contribution in [2.75, 3.05) is 5.32 Å². The van der Waals surface area contributed by atoms with Crippen LogP contribution in [0.15, 0.2) is 53.7 Å². The van der Waals surface area contributed by atoms with Crippen molar-refractivity contribution < 1.29 is 40.7 Å². The summed E-state index contributed by atoms with van der Waals surface area (Å²) in [6.45, 7) is 0. The Morgan fingerprint density at radius 3 is 2.21 bits per heavy atom. The van der Waals surface area contributed by atoms with Gasteiger partial charge in [-0.25, -0.2) is 4.79 Å². The molecule has 3 N–H and O–H groups in total. The van der Waals surface area contributed by atoms with Gasteiger partial charge >= 0.3 is 18.6 Å². The van der Waals surface area contributed by atoms with Gasteiger partial charge in [-0.05, 0) is 42.5 Å². The number of halogens is 6. The first-order valence-corrected chi connectivity index (χ1v) is 7.29. The zero-order valence-electron chi connectivity index (χ0n) is 13.6. The first-order chi connectivity index (χ1) is 12.9. The number of nitrogens with zero attached hydrogens (tertiary/aromatic N) is 1. The number of anilines is 1. The number of amidine groups is 1. The van der Waals surface area contributed by atoms with Crippen molar-refractivity contribution in [1.29, 1.82) is 0 Å². The molecule has 28 heavy (non-hydrogen) atoms. The number of nitrogens with one attached hydrogen (secondary N) is 1. The summed E-state index contributed by atoms with van der Waals surface area (Å²) >= 11 is 0. The molecule has 150 valence electrons. The van der Waals surface area contributed by atoms with E-state index in [0.717, 1.165) is 36.4 Å². The predicted octanol–water partition coefficient (Wildman–Crippen LogP) is 4.47. The molecule has 12 heteroatoms. The summed E-state index contributed by atoms with van der Waals surface area (Å²) in [6, 6.07) is 7.99. The maximum Gasteiger partial charge on any atom is 0.573 e. The number of amides is 1. The molecular weight excluding hydrogens is 396 g/mol. The molecule has 0 saturated heterocycles. The van der Waals surface area contributed by atoms with Crippen molar-refractivity contribution >= 4 is 17.6 Å². The summed E-state index contributed by atoms with van der Waals surface area (Å²) in [7, 11) is 0. The van der Waals surface area contributed by atoms with E-state index in [1.54, 1.807) is 0 Å². The average molecular weight is 407 g/mol. The highest BCUT2D eigenvalue weighted by Crippen LogP contribution is 2.30. The molecule has 6 nitrogen and oxygen atoms in total. The Hall–Kier alpha value is -3.44. The maximum absolute atomic E-state index is 12.6. The second kappa shape index (κ2) is 8.06. The minimum atomic E-state index is -4.86. The Labute approximate surface area is 153 Å². The fourth-order valence-corrected chi connectivity index (χ4v) is 1.88. The largest absolute Gasteiger partial charge is 0.573 e. The Balaban J connectivity index is 1.98. The fourth-order valence-electron chi connectivity index (χ4n) is 1.88. The van der Waals surface area contributed by atoms with E-state index in [9.17, 15) is 31.1 Å². The Bertz CT molecular complexity index is 863. The van der Waals surface area contributed by atoms with Crippen LogP contribution >= 0.6 is 0 Å². The summed E-state index contributed by atoms with van der Waals surface area (Å²) in [5.41, 5.74) is 4.47. The van der Waals surface area contributed by atoms with Gasteiger partial charge in [0.25, 0.3) is 0 Å². The summed E-state index contributed by atoms with van der Waals surface area (Å²) in [5.74, 6) is -0.856. The second-order valence-electron chi connectivity index (χ2n) is 5.13. The van der Waals surface area contributed by atoms with Crippen LogP contribution in [0.3, 0.4) is 0 Å². The normalized spacial score (nSPS) is 12.4. The molecule has 0 unspecified atom stereocenters. The van der Waals surface area contributed by atoms with Gasteiger partial charge < -0.3 is 10.5 Å². The number of ether oxygens (including phenoxy) is 1. The van der Waals surface area contributed by atoms with Crippen LogP contribution < -0.4 is 15.8 Å². The van der Waals surface area contributed by atoms with E-state index in [0.29, 0.717) is 6.07 Å². The summed E-state index contributed by atoms with van der Waals surface area (Å²) in [5, 5.41) is 5.29. The van der Waals surface area contributed by atoms with Gasteiger partial charge in [-0.3, -0.25) is 10.2 Å². The molecule has 0 aliphatic heterocycles. The molecule has 0 spiro atoms. The van der Waals surface area contributed by atoms with Crippen molar-refractivity contribution in [2.24, 2.45) is 10.9 Å². The monoisotopic (exact) mass is 407 g/mol. The van der Waals surface area contributed by atoms with Crippen molar-refractivity contribution in [2.45, 2.75) is 12.5 Å². The number of rotatable bonds is 4. The van der Waals surface area contributed by atoms with Gasteiger partial charge in [-0.15, -0.1) is 13.2 Å². The van der Waals surface area contributed by atoms with Crippen LogP contribution in [0, 0.1) is 0 Å². The van der Waals surface area contributed by atoms with E-state index >= 15 is 0 Å². The number of benzene rings is 2. The van der Waals surface area contributed by atoms with Crippen molar-refractivity contribution in [3.63, 3.8) is 0 Å². The van der Waals surface area contributed by atoms with Gasteiger partial charge in [0.05, 0.1) is 5.56 Å². The smallest absolute Gasteiger partial charge is 0.406 e. The van der Waals surface area contributed by atoms with Crippen LogP contribution in [0.4, 0.5) is 36.8 Å². The SMILES string of the molecule is NC(=NOC(=O)Nc1cccc(C(F)(F)F)c1)c1ccc(OC(F)(F)F)cc1. The number of nitrogens with two attached hydrogens (primary N) is 1. The van der Waals surface area contributed by atoms with Crippen LogP contribution in [-0.4, -0.2) is 18.3 Å². The van der Waals surface area contributed by atoms with E-state index in [-0.39, 0.29) is 17.1 Å². The van der Waals surface area contributed by atoms with E-state index in [2.05, 4.69) is 14.7 Å². The number of hydrogen-bond donors (Lipinski definition) is 2. The topological polar surface area (TPSA) is 85.9 Å². The molecule has 0 radical (unpaired) electrons. The molecule has 2 aromatic carbocycles. The molecule has 0 bridgehead atoms. The molecule has 0 aliphatic carbocycles. The second-order valence-corrected chi connectivity index (χ2v) is 5.13. The summed E-state index contributed by atoms with van der Waals surface area (Å²) in [6.07, 6.45) is -10.7. The van der Waals surface area contributed by atoms with Gasteiger partial charge in [0.15, 0.2) is 5.84 Å². The molecule has 2 aromatic rings. The van der Waals surface area contributed by atoms with E-state index < -0.39 is 29.9 Å². The third kappa shape index (κ3) is 6.37. The van der Waals surface area contributed by atoms with E-state index in [1.165, 1.54) is 6.07 Å². The first-order valence-electron chi connectivity index (χ1n) is 7.29. The van der Waals surface area contributed by atoms with E-state index in [1.807, 2.05) is 5.32 Å².